The van der Waals surface area contributed by atoms with E-state index < -0.39 is 47.0 Å². The van der Waals surface area contributed by atoms with Gasteiger partial charge in [-0.15, -0.1) is 11.8 Å². The number of aliphatic hydroxyl groups excluding tert-OH is 1. The Hall–Kier alpha value is -1.28. The first-order valence-corrected chi connectivity index (χ1v) is 8.78. The molecule has 24 heavy (non-hydrogen) atoms. The first-order chi connectivity index (χ1) is 10.9. The number of carbonyl (C=O) groups excluding carboxylic acids is 3. The number of rotatable bonds is 4. The zero-order valence-electron chi connectivity index (χ0n) is 14.9. The Kier molecular flexibility index (Phi) is 4.94. The van der Waals surface area contributed by atoms with E-state index in [4.69, 9.17) is 9.47 Å². The second-order valence-electron chi connectivity index (χ2n) is 7.79. The van der Waals surface area contributed by atoms with Crippen molar-refractivity contribution >= 4 is 29.6 Å². The summed E-state index contributed by atoms with van der Waals surface area (Å²) in [6.45, 7) is 9.92. The molecule has 0 aromatic rings. The summed E-state index contributed by atoms with van der Waals surface area (Å²) in [6.07, 6.45) is -0.760. The van der Waals surface area contributed by atoms with Crippen LogP contribution in [0.3, 0.4) is 0 Å². The minimum Gasteiger partial charge on any atom is -0.427 e. The standard InChI is InChI=1S/C16H25NO6S/c1-8(18)9-11(19)17-10(16(5,6)24-12(9)17)13(20)22-7-23-14(21)15(2,3)4/h8-10,12,18H,7H2,1-6H3/t8-,9+,10-,12+/m0/s1. The van der Waals surface area contributed by atoms with Gasteiger partial charge < -0.3 is 19.5 Å². The molecule has 0 spiro atoms. The van der Waals surface area contributed by atoms with Crippen molar-refractivity contribution in [2.75, 3.05) is 6.79 Å². The lowest BCUT2D eigenvalue weighted by Gasteiger charge is -2.45. The fraction of sp³-hybridized carbons (Fsp3) is 0.812. The van der Waals surface area contributed by atoms with E-state index in [9.17, 15) is 19.5 Å². The van der Waals surface area contributed by atoms with E-state index in [1.54, 1.807) is 27.7 Å². The van der Waals surface area contributed by atoms with Crippen LogP contribution in [-0.4, -0.2) is 56.9 Å². The van der Waals surface area contributed by atoms with Gasteiger partial charge in [-0.2, -0.15) is 0 Å². The molecule has 136 valence electrons. The fourth-order valence-electron chi connectivity index (χ4n) is 2.90. The van der Waals surface area contributed by atoms with Crippen LogP contribution in [0.25, 0.3) is 0 Å². The van der Waals surface area contributed by atoms with Crippen LogP contribution in [0, 0.1) is 11.3 Å². The highest BCUT2D eigenvalue weighted by Crippen LogP contribution is 2.54. The van der Waals surface area contributed by atoms with E-state index in [1.165, 1.54) is 16.7 Å². The van der Waals surface area contributed by atoms with Crippen LogP contribution >= 0.6 is 11.8 Å². The number of thioether (sulfide) groups is 1. The van der Waals surface area contributed by atoms with Crippen molar-refractivity contribution < 1.29 is 29.0 Å². The van der Waals surface area contributed by atoms with Gasteiger partial charge in [0.05, 0.1) is 22.8 Å². The van der Waals surface area contributed by atoms with Crippen molar-refractivity contribution in [1.29, 1.82) is 0 Å². The van der Waals surface area contributed by atoms with Gasteiger partial charge in [0.2, 0.25) is 12.7 Å². The summed E-state index contributed by atoms with van der Waals surface area (Å²) in [4.78, 5) is 37.8. The minimum atomic E-state index is -0.761. The second kappa shape index (κ2) is 6.22. The van der Waals surface area contributed by atoms with Gasteiger partial charge in [-0.05, 0) is 41.5 Å². The van der Waals surface area contributed by atoms with Crippen LogP contribution < -0.4 is 0 Å². The summed E-state index contributed by atoms with van der Waals surface area (Å²) in [7, 11) is 0. The monoisotopic (exact) mass is 359 g/mol. The van der Waals surface area contributed by atoms with Crippen molar-refractivity contribution in [2.45, 2.75) is 63.8 Å². The minimum absolute atomic E-state index is 0.234. The van der Waals surface area contributed by atoms with E-state index >= 15 is 0 Å². The Morgan fingerprint density at radius 3 is 2.42 bits per heavy atom. The van der Waals surface area contributed by atoms with E-state index in [0.29, 0.717) is 0 Å². The number of esters is 2. The van der Waals surface area contributed by atoms with Gasteiger partial charge in [0, 0.05) is 4.75 Å². The summed E-state index contributed by atoms with van der Waals surface area (Å²) in [5.41, 5.74) is -0.683. The molecule has 1 N–H and O–H groups in total. The molecule has 1 amide bonds. The Balaban J connectivity index is 1.99. The SMILES string of the molecule is C[C@H](O)[C@@H]1C(=O)N2[C@@H]1SC(C)(C)[C@@H]2C(=O)OCOC(=O)C(C)(C)C. The molecule has 2 rings (SSSR count). The van der Waals surface area contributed by atoms with E-state index in [1.807, 2.05) is 13.8 Å². The number of nitrogens with zero attached hydrogens (tertiary/aromatic N) is 1. The molecule has 2 saturated heterocycles. The molecule has 2 aliphatic rings. The van der Waals surface area contributed by atoms with Crippen LogP contribution in [0.15, 0.2) is 0 Å². The van der Waals surface area contributed by atoms with Gasteiger partial charge in [-0.25, -0.2) is 4.79 Å². The number of fused-ring (bicyclic) bond motifs is 1. The number of amides is 1. The maximum absolute atomic E-state index is 12.4. The molecule has 2 heterocycles. The van der Waals surface area contributed by atoms with Gasteiger partial charge in [0.1, 0.15) is 6.04 Å². The molecular formula is C16H25NO6S. The molecule has 4 atom stereocenters. The normalized spacial score (nSPS) is 29.5. The third-order valence-electron chi connectivity index (χ3n) is 4.23. The maximum atomic E-state index is 12.4. The fourth-order valence-corrected chi connectivity index (χ4v) is 4.69. The van der Waals surface area contributed by atoms with Crippen molar-refractivity contribution in [1.82, 2.24) is 4.90 Å². The Morgan fingerprint density at radius 2 is 1.92 bits per heavy atom. The number of aliphatic hydroxyl groups is 1. The maximum Gasteiger partial charge on any atom is 0.333 e. The molecule has 0 aromatic carbocycles. The van der Waals surface area contributed by atoms with Gasteiger partial charge >= 0.3 is 11.9 Å². The summed E-state index contributed by atoms with van der Waals surface area (Å²) < 4.78 is 9.46. The van der Waals surface area contributed by atoms with Crippen LogP contribution in [0.1, 0.15) is 41.5 Å². The summed E-state index contributed by atoms with van der Waals surface area (Å²) >= 11 is 1.47. The largest absolute Gasteiger partial charge is 0.427 e. The van der Waals surface area contributed by atoms with E-state index in [2.05, 4.69) is 0 Å². The Bertz CT molecular complexity index is 553. The quantitative estimate of drug-likeness (QED) is 0.457. The Morgan fingerprint density at radius 1 is 1.33 bits per heavy atom. The number of ether oxygens (including phenoxy) is 2. The van der Waals surface area contributed by atoms with E-state index in [-0.39, 0.29) is 11.3 Å². The van der Waals surface area contributed by atoms with Crippen molar-refractivity contribution in [3.8, 4) is 0 Å². The van der Waals surface area contributed by atoms with Gasteiger partial charge in [-0.1, -0.05) is 0 Å². The van der Waals surface area contributed by atoms with Gasteiger partial charge in [-0.3, -0.25) is 9.59 Å². The number of hydrogen-bond donors (Lipinski definition) is 1. The smallest absolute Gasteiger partial charge is 0.333 e. The van der Waals surface area contributed by atoms with Crippen LogP contribution in [-0.2, 0) is 23.9 Å². The molecule has 0 saturated carbocycles. The van der Waals surface area contributed by atoms with Gasteiger partial charge in [0.15, 0.2) is 0 Å². The predicted molar refractivity (Wildman–Crippen MR) is 87.8 cm³/mol. The topological polar surface area (TPSA) is 93.1 Å². The zero-order chi connectivity index (χ0) is 18.4. The molecule has 0 aliphatic carbocycles. The zero-order valence-corrected chi connectivity index (χ0v) is 15.7. The average Bonchev–Trinajstić information content (AvgIpc) is 2.64. The Labute approximate surface area is 146 Å². The van der Waals surface area contributed by atoms with E-state index in [0.717, 1.165) is 0 Å². The van der Waals surface area contributed by atoms with Crippen LogP contribution in [0.4, 0.5) is 0 Å². The molecule has 0 unspecified atom stereocenters. The molecule has 8 heteroatoms. The molecule has 0 bridgehead atoms. The molecule has 2 fully saturated rings. The molecule has 0 aromatic heterocycles. The summed E-state index contributed by atoms with van der Waals surface area (Å²) in [5.74, 6) is -1.82. The molecular weight excluding hydrogens is 334 g/mol. The third-order valence-corrected chi connectivity index (χ3v) is 5.82. The van der Waals surface area contributed by atoms with Crippen molar-refractivity contribution in [2.24, 2.45) is 11.3 Å². The number of carbonyl (C=O) groups is 3. The predicted octanol–water partition coefficient (Wildman–Crippen LogP) is 1.14. The van der Waals surface area contributed by atoms with Crippen molar-refractivity contribution in [3.05, 3.63) is 0 Å². The number of β-lactam (4-membered cyclic amide) rings is 1. The highest BCUT2D eigenvalue weighted by Gasteiger charge is 2.65. The summed E-state index contributed by atoms with van der Waals surface area (Å²) in [6, 6.07) is -0.761. The van der Waals surface area contributed by atoms with Crippen LogP contribution in [0.5, 0.6) is 0 Å². The number of hydrogen-bond acceptors (Lipinski definition) is 7. The third kappa shape index (κ3) is 3.26. The second-order valence-corrected chi connectivity index (χ2v) is 9.56. The van der Waals surface area contributed by atoms with Crippen LogP contribution in [0.2, 0.25) is 0 Å². The van der Waals surface area contributed by atoms with Crippen molar-refractivity contribution in [3.63, 3.8) is 0 Å². The molecule has 0 radical (unpaired) electrons. The van der Waals surface area contributed by atoms with Gasteiger partial charge in [0.25, 0.3) is 0 Å². The lowest BCUT2D eigenvalue weighted by atomic mass is 9.88. The summed E-state index contributed by atoms with van der Waals surface area (Å²) in [5, 5.41) is 9.49. The molecule has 7 nitrogen and oxygen atoms in total. The lowest BCUT2D eigenvalue weighted by Crippen LogP contribution is -2.65. The lowest BCUT2D eigenvalue weighted by molar-refractivity contribution is -0.183. The highest BCUT2D eigenvalue weighted by molar-refractivity contribution is 8.01. The average molecular weight is 359 g/mol. The highest BCUT2D eigenvalue weighted by atomic mass is 32.2. The molecule has 2 aliphatic heterocycles. The first-order valence-electron chi connectivity index (χ1n) is 7.90. The first kappa shape index (κ1) is 19.1.